The van der Waals surface area contributed by atoms with E-state index in [1.807, 2.05) is 6.92 Å². The Morgan fingerprint density at radius 3 is 2.86 bits per heavy atom. The minimum absolute atomic E-state index is 0.0393. The average molecular weight is 290 g/mol. The van der Waals surface area contributed by atoms with E-state index in [1.165, 1.54) is 12.6 Å². The summed E-state index contributed by atoms with van der Waals surface area (Å²) in [5.41, 5.74) is 0.458. The Morgan fingerprint density at radius 1 is 1.33 bits per heavy atom. The van der Waals surface area contributed by atoms with Crippen LogP contribution in [0.25, 0.3) is 0 Å². The second-order valence-corrected chi connectivity index (χ2v) is 5.45. The molecule has 8 heteroatoms. The van der Waals surface area contributed by atoms with Gasteiger partial charge in [0.25, 0.3) is 0 Å². The van der Waals surface area contributed by atoms with Gasteiger partial charge < -0.3 is 4.57 Å². The topological polar surface area (TPSA) is 91.7 Å². The lowest BCUT2D eigenvalue weighted by atomic mass is 10.2. The molecule has 1 atom stereocenters. The molecule has 0 fully saturated rings. The maximum Gasteiger partial charge on any atom is 0.309 e. The van der Waals surface area contributed by atoms with Crippen molar-refractivity contribution in [3.05, 3.63) is 33.7 Å². The number of rotatable bonds is 3. The first-order chi connectivity index (χ1) is 10.1. The molecule has 1 aliphatic heterocycles. The van der Waals surface area contributed by atoms with Crippen LogP contribution in [0.15, 0.2) is 6.20 Å². The Hall–Kier alpha value is -2.25. The van der Waals surface area contributed by atoms with E-state index in [1.54, 1.807) is 11.6 Å². The summed E-state index contributed by atoms with van der Waals surface area (Å²) in [6.07, 6.45) is 5.86. The number of nitro groups is 1. The maximum absolute atomic E-state index is 10.9. The highest BCUT2D eigenvalue weighted by Gasteiger charge is 2.24. The van der Waals surface area contributed by atoms with Gasteiger partial charge in [0.2, 0.25) is 0 Å². The van der Waals surface area contributed by atoms with Gasteiger partial charge in [-0.3, -0.25) is 14.8 Å². The zero-order valence-corrected chi connectivity index (χ0v) is 12.2. The zero-order chi connectivity index (χ0) is 15.0. The van der Waals surface area contributed by atoms with Gasteiger partial charge in [0, 0.05) is 13.0 Å². The molecule has 0 spiro atoms. The summed E-state index contributed by atoms with van der Waals surface area (Å²) >= 11 is 0. The molecule has 0 aromatic carbocycles. The van der Waals surface area contributed by atoms with E-state index in [0.717, 1.165) is 37.5 Å². The highest BCUT2D eigenvalue weighted by atomic mass is 16.6. The molecule has 0 radical (unpaired) electrons. The number of nitrogens with zero attached hydrogens (tertiary/aromatic N) is 6. The molecule has 0 amide bonds. The Balaban J connectivity index is 1.95. The van der Waals surface area contributed by atoms with E-state index >= 15 is 0 Å². The van der Waals surface area contributed by atoms with Crippen LogP contribution >= 0.6 is 0 Å². The number of hydrogen-bond donors (Lipinski definition) is 0. The fourth-order valence-electron chi connectivity index (χ4n) is 2.78. The molecule has 0 bridgehead atoms. The van der Waals surface area contributed by atoms with Gasteiger partial charge in [-0.05, 0) is 26.7 Å². The van der Waals surface area contributed by atoms with Gasteiger partial charge >= 0.3 is 5.69 Å². The lowest BCUT2D eigenvalue weighted by Gasteiger charge is -2.13. The Labute approximate surface area is 121 Å². The van der Waals surface area contributed by atoms with Crippen LogP contribution in [0.1, 0.15) is 49.6 Å². The molecule has 3 rings (SSSR count). The third-order valence-electron chi connectivity index (χ3n) is 4.00. The highest BCUT2D eigenvalue weighted by Crippen LogP contribution is 2.24. The van der Waals surface area contributed by atoms with Crippen molar-refractivity contribution in [2.45, 2.75) is 52.1 Å². The summed E-state index contributed by atoms with van der Waals surface area (Å²) < 4.78 is 3.75. The number of fused-ring (bicyclic) bond motifs is 1. The molecule has 2 aromatic rings. The van der Waals surface area contributed by atoms with Crippen LogP contribution in [0.2, 0.25) is 0 Å². The quantitative estimate of drug-likeness (QED) is 0.637. The largest absolute Gasteiger partial charge is 0.313 e. The Morgan fingerprint density at radius 2 is 2.14 bits per heavy atom. The number of aromatic nitrogens is 5. The lowest BCUT2D eigenvalue weighted by Crippen LogP contribution is -2.15. The highest BCUT2D eigenvalue weighted by molar-refractivity contribution is 5.31. The minimum atomic E-state index is -0.407. The van der Waals surface area contributed by atoms with Crippen molar-refractivity contribution in [3.63, 3.8) is 0 Å². The van der Waals surface area contributed by atoms with E-state index in [2.05, 4.69) is 19.9 Å². The molecule has 0 unspecified atom stereocenters. The average Bonchev–Trinajstić information content (AvgIpc) is 2.95. The summed E-state index contributed by atoms with van der Waals surface area (Å²) in [6.45, 7) is 4.49. The predicted octanol–water partition coefficient (Wildman–Crippen LogP) is 2.03. The SMILES string of the molecule is Cc1nn([C@@H](C)c2nnc3n2CCCCC3)cc1[N+](=O)[O-]. The molecule has 8 nitrogen and oxygen atoms in total. The van der Waals surface area contributed by atoms with Crippen LogP contribution in [0, 0.1) is 17.0 Å². The lowest BCUT2D eigenvalue weighted by molar-refractivity contribution is -0.385. The molecule has 0 N–H and O–H groups in total. The fraction of sp³-hybridized carbons (Fsp3) is 0.615. The first-order valence-electron chi connectivity index (χ1n) is 7.20. The van der Waals surface area contributed by atoms with Gasteiger partial charge in [-0.15, -0.1) is 10.2 Å². The van der Waals surface area contributed by atoms with Crippen molar-refractivity contribution in [2.75, 3.05) is 0 Å². The smallest absolute Gasteiger partial charge is 0.309 e. The van der Waals surface area contributed by atoms with Crippen LogP contribution in [-0.2, 0) is 13.0 Å². The van der Waals surface area contributed by atoms with Gasteiger partial charge in [0.1, 0.15) is 23.8 Å². The van der Waals surface area contributed by atoms with Gasteiger partial charge in [0.05, 0.1) is 4.92 Å². The molecule has 0 aliphatic carbocycles. The van der Waals surface area contributed by atoms with E-state index in [4.69, 9.17) is 0 Å². The van der Waals surface area contributed by atoms with Crippen molar-refractivity contribution in [3.8, 4) is 0 Å². The molecular formula is C13H18N6O2. The summed E-state index contributed by atoms with van der Waals surface area (Å²) in [6, 6.07) is -0.170. The summed E-state index contributed by atoms with van der Waals surface area (Å²) in [7, 11) is 0. The monoisotopic (exact) mass is 290 g/mol. The number of aryl methyl sites for hydroxylation is 2. The summed E-state index contributed by atoms with van der Waals surface area (Å²) in [5.74, 6) is 1.83. The van der Waals surface area contributed by atoms with Gasteiger partial charge in [0.15, 0.2) is 5.82 Å². The molecule has 112 valence electrons. The molecule has 2 aromatic heterocycles. The third-order valence-corrected chi connectivity index (χ3v) is 4.00. The van der Waals surface area contributed by atoms with Crippen molar-refractivity contribution in [2.24, 2.45) is 0 Å². The van der Waals surface area contributed by atoms with Gasteiger partial charge in [-0.1, -0.05) is 6.42 Å². The first kappa shape index (κ1) is 13.7. The summed E-state index contributed by atoms with van der Waals surface area (Å²) in [4.78, 5) is 10.5. The molecule has 21 heavy (non-hydrogen) atoms. The fourth-order valence-corrected chi connectivity index (χ4v) is 2.78. The second-order valence-electron chi connectivity index (χ2n) is 5.45. The summed E-state index contributed by atoms with van der Waals surface area (Å²) in [5, 5.41) is 23.7. The standard InChI is InChI=1S/C13H18N6O2/c1-9-11(19(20)21)8-18(16-9)10(2)13-15-14-12-6-4-3-5-7-17(12)13/h8,10H,3-7H2,1-2H3/t10-/m0/s1. The van der Waals surface area contributed by atoms with Crippen molar-refractivity contribution in [1.29, 1.82) is 0 Å². The molecule has 3 heterocycles. The van der Waals surface area contributed by atoms with Crippen LogP contribution in [0.4, 0.5) is 5.69 Å². The van der Waals surface area contributed by atoms with Crippen LogP contribution in [0.5, 0.6) is 0 Å². The van der Waals surface area contributed by atoms with Crippen LogP contribution < -0.4 is 0 Å². The third kappa shape index (κ3) is 2.41. The van der Waals surface area contributed by atoms with E-state index in [0.29, 0.717) is 5.69 Å². The van der Waals surface area contributed by atoms with E-state index in [-0.39, 0.29) is 11.7 Å². The maximum atomic E-state index is 10.9. The molecule has 1 aliphatic rings. The number of hydrogen-bond acceptors (Lipinski definition) is 5. The molecule has 0 saturated heterocycles. The predicted molar refractivity (Wildman–Crippen MR) is 75.0 cm³/mol. The van der Waals surface area contributed by atoms with Gasteiger partial charge in [-0.25, -0.2) is 0 Å². The van der Waals surface area contributed by atoms with E-state index < -0.39 is 4.92 Å². The van der Waals surface area contributed by atoms with Crippen LogP contribution in [-0.4, -0.2) is 29.5 Å². The Kier molecular flexibility index (Phi) is 3.44. The van der Waals surface area contributed by atoms with Gasteiger partial charge in [-0.2, -0.15) is 5.10 Å². The van der Waals surface area contributed by atoms with Crippen LogP contribution in [0.3, 0.4) is 0 Å². The van der Waals surface area contributed by atoms with Crippen molar-refractivity contribution < 1.29 is 4.92 Å². The van der Waals surface area contributed by atoms with Crippen molar-refractivity contribution >= 4 is 5.69 Å². The van der Waals surface area contributed by atoms with E-state index in [9.17, 15) is 10.1 Å². The van der Waals surface area contributed by atoms with Crippen molar-refractivity contribution in [1.82, 2.24) is 24.5 Å². The minimum Gasteiger partial charge on any atom is -0.313 e. The Bertz CT molecular complexity index is 674. The first-order valence-corrected chi connectivity index (χ1v) is 7.20. The normalized spacial score (nSPS) is 16.3. The second kappa shape index (κ2) is 5.27. The molecule has 0 saturated carbocycles. The zero-order valence-electron chi connectivity index (χ0n) is 12.2. The molecular weight excluding hydrogens is 272 g/mol.